The van der Waals surface area contributed by atoms with E-state index in [-0.39, 0.29) is 11.8 Å². The largest absolute Gasteiger partial charge is 0.347 e. The highest BCUT2D eigenvalue weighted by atomic mass is 16.1. The number of hydrogen-bond acceptors (Lipinski definition) is 3. The number of Topliss-reactive ketones (excluding diaryl/α,β-unsaturated/α-hetero) is 1. The van der Waals surface area contributed by atoms with Crippen LogP contribution in [0, 0.1) is 0 Å². The Morgan fingerprint density at radius 3 is 3.07 bits per heavy atom. The Labute approximate surface area is 83.8 Å². The number of carbonyl (C=O) groups excluding carboxylic acids is 1. The number of nitrogens with zero attached hydrogens (tertiary/aromatic N) is 2. The molecule has 2 heterocycles. The molecule has 0 radical (unpaired) electrons. The molecule has 1 fully saturated rings. The van der Waals surface area contributed by atoms with Crippen molar-refractivity contribution in [3.05, 3.63) is 24.4 Å². The fourth-order valence-electron chi connectivity index (χ4n) is 1.99. The van der Waals surface area contributed by atoms with Gasteiger partial charge in [-0.05, 0) is 31.9 Å². The lowest BCUT2D eigenvalue weighted by Crippen LogP contribution is -2.35. The number of ketones is 1. The van der Waals surface area contributed by atoms with Crippen LogP contribution in [0.25, 0.3) is 0 Å². The predicted molar refractivity (Wildman–Crippen MR) is 55.3 cm³/mol. The number of pyridine rings is 1. The van der Waals surface area contributed by atoms with E-state index in [9.17, 15) is 4.79 Å². The van der Waals surface area contributed by atoms with E-state index in [1.165, 1.54) is 0 Å². The summed E-state index contributed by atoms with van der Waals surface area (Å²) < 4.78 is 0. The summed E-state index contributed by atoms with van der Waals surface area (Å²) >= 11 is 0. The summed E-state index contributed by atoms with van der Waals surface area (Å²) in [5.74, 6) is 1.17. The lowest BCUT2D eigenvalue weighted by Gasteiger charge is -2.23. The highest BCUT2D eigenvalue weighted by Gasteiger charge is 2.28. The summed E-state index contributed by atoms with van der Waals surface area (Å²) in [6.45, 7) is 2.60. The molecule has 1 aromatic rings. The zero-order valence-corrected chi connectivity index (χ0v) is 8.31. The molecule has 1 saturated heterocycles. The van der Waals surface area contributed by atoms with Crippen LogP contribution in [0.1, 0.15) is 19.8 Å². The normalized spacial score (nSPS) is 21.2. The Bertz CT molecular complexity index is 323. The van der Waals surface area contributed by atoms with Gasteiger partial charge in [0.05, 0.1) is 6.04 Å². The van der Waals surface area contributed by atoms with Gasteiger partial charge in [0.1, 0.15) is 5.82 Å². The first-order valence-electron chi connectivity index (χ1n) is 4.97. The van der Waals surface area contributed by atoms with Crippen molar-refractivity contribution >= 4 is 11.6 Å². The average molecular weight is 190 g/mol. The maximum Gasteiger partial charge on any atom is 0.152 e. The minimum atomic E-state index is 0.0462. The van der Waals surface area contributed by atoms with E-state index >= 15 is 0 Å². The topological polar surface area (TPSA) is 33.2 Å². The van der Waals surface area contributed by atoms with Crippen molar-refractivity contribution in [1.82, 2.24) is 4.98 Å². The van der Waals surface area contributed by atoms with Gasteiger partial charge in [-0.15, -0.1) is 0 Å². The van der Waals surface area contributed by atoms with Crippen molar-refractivity contribution < 1.29 is 4.79 Å². The number of carbonyl (C=O) groups is 1. The van der Waals surface area contributed by atoms with Crippen LogP contribution in [0.3, 0.4) is 0 Å². The van der Waals surface area contributed by atoms with Crippen LogP contribution in [0.15, 0.2) is 24.4 Å². The van der Waals surface area contributed by atoms with Crippen molar-refractivity contribution in [2.45, 2.75) is 25.8 Å². The molecule has 2 rings (SSSR count). The molecule has 74 valence electrons. The maximum absolute atomic E-state index is 11.4. The fraction of sp³-hybridized carbons (Fsp3) is 0.455. The van der Waals surface area contributed by atoms with E-state index in [0.29, 0.717) is 0 Å². The molecule has 1 aliphatic heterocycles. The van der Waals surface area contributed by atoms with Crippen LogP contribution < -0.4 is 4.90 Å². The lowest BCUT2D eigenvalue weighted by molar-refractivity contribution is -0.118. The summed E-state index contributed by atoms with van der Waals surface area (Å²) in [5.41, 5.74) is 0. The molecule has 0 aromatic carbocycles. The molecular formula is C11H14N2O. The van der Waals surface area contributed by atoms with Gasteiger partial charge in [0.2, 0.25) is 0 Å². The molecule has 3 nitrogen and oxygen atoms in total. The molecule has 14 heavy (non-hydrogen) atoms. The van der Waals surface area contributed by atoms with Crippen LogP contribution in [0.5, 0.6) is 0 Å². The second-order valence-electron chi connectivity index (χ2n) is 3.65. The Hall–Kier alpha value is -1.38. The first-order valence-corrected chi connectivity index (χ1v) is 4.97. The third-order valence-corrected chi connectivity index (χ3v) is 2.67. The molecule has 3 heteroatoms. The van der Waals surface area contributed by atoms with Crippen LogP contribution in [-0.2, 0) is 4.79 Å². The second kappa shape index (κ2) is 3.78. The lowest BCUT2D eigenvalue weighted by atomic mass is 10.1. The number of hydrogen-bond donors (Lipinski definition) is 0. The van der Waals surface area contributed by atoms with E-state index in [2.05, 4.69) is 9.88 Å². The molecule has 1 unspecified atom stereocenters. The Balaban J connectivity index is 2.22. The van der Waals surface area contributed by atoms with E-state index in [1.54, 1.807) is 13.1 Å². The zero-order chi connectivity index (χ0) is 9.97. The van der Waals surface area contributed by atoms with Gasteiger partial charge in [0, 0.05) is 12.7 Å². The number of rotatable bonds is 2. The molecule has 0 aliphatic carbocycles. The van der Waals surface area contributed by atoms with Gasteiger partial charge < -0.3 is 4.90 Å². The van der Waals surface area contributed by atoms with Gasteiger partial charge in [0.15, 0.2) is 5.78 Å². The van der Waals surface area contributed by atoms with Crippen LogP contribution in [0.4, 0.5) is 5.82 Å². The van der Waals surface area contributed by atoms with Crippen molar-refractivity contribution in [3.63, 3.8) is 0 Å². The molecule has 0 N–H and O–H groups in total. The standard InChI is InChI=1S/C11H14N2O/c1-9(14)10-5-4-8-13(10)11-6-2-3-7-12-11/h2-3,6-7,10H,4-5,8H2,1H3. The Morgan fingerprint density at radius 2 is 2.43 bits per heavy atom. The maximum atomic E-state index is 11.4. The second-order valence-corrected chi connectivity index (χ2v) is 3.65. The molecule has 0 amide bonds. The summed E-state index contributed by atoms with van der Waals surface area (Å²) in [6, 6.07) is 5.85. The SMILES string of the molecule is CC(=O)C1CCCN1c1ccccn1. The van der Waals surface area contributed by atoms with Gasteiger partial charge in [0.25, 0.3) is 0 Å². The van der Waals surface area contributed by atoms with Gasteiger partial charge in [-0.25, -0.2) is 4.98 Å². The molecule has 0 saturated carbocycles. The minimum absolute atomic E-state index is 0.0462. The summed E-state index contributed by atoms with van der Waals surface area (Å²) in [4.78, 5) is 17.7. The van der Waals surface area contributed by atoms with E-state index in [1.807, 2.05) is 18.2 Å². The van der Waals surface area contributed by atoms with Crippen LogP contribution in [0.2, 0.25) is 0 Å². The first-order chi connectivity index (χ1) is 6.79. The van der Waals surface area contributed by atoms with Gasteiger partial charge >= 0.3 is 0 Å². The smallest absolute Gasteiger partial charge is 0.152 e. The Morgan fingerprint density at radius 1 is 1.57 bits per heavy atom. The average Bonchev–Trinajstić information content (AvgIpc) is 2.67. The quantitative estimate of drug-likeness (QED) is 0.710. The third-order valence-electron chi connectivity index (χ3n) is 2.67. The first kappa shape index (κ1) is 9.19. The van der Waals surface area contributed by atoms with Crippen molar-refractivity contribution in [2.75, 3.05) is 11.4 Å². The molecule has 0 spiro atoms. The van der Waals surface area contributed by atoms with Crippen LogP contribution >= 0.6 is 0 Å². The van der Waals surface area contributed by atoms with E-state index in [4.69, 9.17) is 0 Å². The predicted octanol–water partition coefficient (Wildman–Crippen LogP) is 1.64. The summed E-state index contributed by atoms with van der Waals surface area (Å²) in [7, 11) is 0. The van der Waals surface area contributed by atoms with Crippen molar-refractivity contribution in [3.8, 4) is 0 Å². The number of anilines is 1. The molecule has 0 bridgehead atoms. The van der Waals surface area contributed by atoms with E-state index in [0.717, 1.165) is 25.2 Å². The van der Waals surface area contributed by atoms with Gasteiger partial charge in [-0.2, -0.15) is 0 Å². The van der Waals surface area contributed by atoms with Crippen molar-refractivity contribution in [2.24, 2.45) is 0 Å². The van der Waals surface area contributed by atoms with Crippen molar-refractivity contribution in [1.29, 1.82) is 0 Å². The molecule has 1 aromatic heterocycles. The van der Waals surface area contributed by atoms with Gasteiger partial charge in [-0.1, -0.05) is 6.07 Å². The molecule has 1 aliphatic rings. The van der Waals surface area contributed by atoms with E-state index < -0.39 is 0 Å². The highest BCUT2D eigenvalue weighted by Crippen LogP contribution is 2.23. The molecule has 1 atom stereocenters. The fourth-order valence-corrected chi connectivity index (χ4v) is 1.99. The summed E-state index contributed by atoms with van der Waals surface area (Å²) in [6.07, 6.45) is 3.82. The third kappa shape index (κ3) is 1.62. The minimum Gasteiger partial charge on any atom is -0.347 e. The van der Waals surface area contributed by atoms with Crippen LogP contribution in [-0.4, -0.2) is 23.4 Å². The zero-order valence-electron chi connectivity index (χ0n) is 8.31. The monoisotopic (exact) mass is 190 g/mol. The highest BCUT2D eigenvalue weighted by molar-refractivity contribution is 5.85. The molecular weight excluding hydrogens is 176 g/mol. The van der Waals surface area contributed by atoms with Gasteiger partial charge in [-0.3, -0.25) is 4.79 Å². The summed E-state index contributed by atoms with van der Waals surface area (Å²) in [5, 5.41) is 0. The Kier molecular flexibility index (Phi) is 2.48. The number of aromatic nitrogens is 1.